The van der Waals surface area contributed by atoms with Gasteiger partial charge in [-0.1, -0.05) is 338 Å². The molecule has 0 heterocycles. The van der Waals surface area contributed by atoms with E-state index in [-0.39, 0.29) is 31.1 Å². The number of allylic oxidation sites excluding steroid dienone is 10. The van der Waals surface area contributed by atoms with E-state index in [2.05, 4.69) is 81.5 Å². The molecular formula is C75H136O6. The summed E-state index contributed by atoms with van der Waals surface area (Å²) in [6.45, 7) is 6.52. The van der Waals surface area contributed by atoms with E-state index in [0.29, 0.717) is 19.3 Å². The highest BCUT2D eigenvalue weighted by Gasteiger charge is 2.19. The molecule has 0 aromatic carbocycles. The first kappa shape index (κ1) is 78.1. The summed E-state index contributed by atoms with van der Waals surface area (Å²) < 4.78 is 16.9. The van der Waals surface area contributed by atoms with E-state index < -0.39 is 6.10 Å². The Morgan fingerprint density at radius 3 is 0.790 bits per heavy atom. The molecule has 0 N–H and O–H groups in total. The molecule has 0 saturated heterocycles. The Hall–Kier alpha value is -2.89. The van der Waals surface area contributed by atoms with Gasteiger partial charge in [0.15, 0.2) is 6.10 Å². The van der Waals surface area contributed by atoms with E-state index in [1.54, 1.807) is 0 Å². The number of carbonyl (C=O) groups is 3. The van der Waals surface area contributed by atoms with Crippen LogP contribution in [0.5, 0.6) is 0 Å². The largest absolute Gasteiger partial charge is 0.462 e. The highest BCUT2D eigenvalue weighted by Crippen LogP contribution is 2.19. The van der Waals surface area contributed by atoms with Gasteiger partial charge in [0, 0.05) is 19.3 Å². The predicted octanol–water partition coefficient (Wildman–Crippen LogP) is 24.7. The van der Waals surface area contributed by atoms with Crippen molar-refractivity contribution in [3.63, 3.8) is 0 Å². The van der Waals surface area contributed by atoms with Crippen molar-refractivity contribution in [2.75, 3.05) is 13.2 Å². The average molecular weight is 1130 g/mol. The molecule has 0 bridgehead atoms. The molecule has 0 aliphatic carbocycles. The molecule has 0 aromatic rings. The molecule has 0 radical (unpaired) electrons. The molecule has 0 spiro atoms. The second-order valence-electron chi connectivity index (χ2n) is 24.1. The Bertz CT molecular complexity index is 1440. The van der Waals surface area contributed by atoms with Crippen LogP contribution in [0.25, 0.3) is 0 Å². The maximum Gasteiger partial charge on any atom is 0.306 e. The van der Waals surface area contributed by atoms with E-state index >= 15 is 0 Å². The van der Waals surface area contributed by atoms with E-state index in [9.17, 15) is 14.4 Å². The van der Waals surface area contributed by atoms with Crippen molar-refractivity contribution in [1.29, 1.82) is 0 Å². The molecule has 0 amide bonds. The fourth-order valence-corrected chi connectivity index (χ4v) is 10.7. The fraction of sp³-hybridized carbons (Fsp3) is 0.827. The van der Waals surface area contributed by atoms with Crippen molar-refractivity contribution in [2.24, 2.45) is 0 Å². The summed E-state index contributed by atoms with van der Waals surface area (Å²) in [5, 5.41) is 0. The first-order chi connectivity index (χ1) is 40.0. The average Bonchev–Trinajstić information content (AvgIpc) is 3.46. The van der Waals surface area contributed by atoms with E-state index in [0.717, 1.165) is 96.3 Å². The lowest BCUT2D eigenvalue weighted by Gasteiger charge is -2.18. The third-order valence-electron chi connectivity index (χ3n) is 16.0. The van der Waals surface area contributed by atoms with Crippen LogP contribution in [0.1, 0.15) is 380 Å². The Morgan fingerprint density at radius 1 is 0.259 bits per heavy atom. The van der Waals surface area contributed by atoms with Gasteiger partial charge in [0.25, 0.3) is 0 Å². The van der Waals surface area contributed by atoms with Gasteiger partial charge < -0.3 is 14.2 Å². The van der Waals surface area contributed by atoms with Crippen molar-refractivity contribution in [1.82, 2.24) is 0 Å². The van der Waals surface area contributed by atoms with Crippen molar-refractivity contribution < 1.29 is 28.6 Å². The van der Waals surface area contributed by atoms with Crippen LogP contribution < -0.4 is 0 Å². The maximum absolute atomic E-state index is 12.9. The number of unbranched alkanes of at least 4 members (excludes halogenated alkanes) is 45. The van der Waals surface area contributed by atoms with Crippen LogP contribution in [-0.4, -0.2) is 37.2 Å². The van der Waals surface area contributed by atoms with Crippen LogP contribution in [-0.2, 0) is 28.6 Å². The molecule has 6 heteroatoms. The maximum atomic E-state index is 12.9. The highest BCUT2D eigenvalue weighted by molar-refractivity contribution is 5.71. The lowest BCUT2D eigenvalue weighted by atomic mass is 10.0. The molecular weight excluding hydrogens is 997 g/mol. The van der Waals surface area contributed by atoms with Crippen molar-refractivity contribution in [3.05, 3.63) is 60.8 Å². The number of esters is 3. The van der Waals surface area contributed by atoms with Crippen LogP contribution in [0.15, 0.2) is 60.8 Å². The molecule has 0 rings (SSSR count). The molecule has 1 unspecified atom stereocenters. The van der Waals surface area contributed by atoms with Crippen LogP contribution in [0.4, 0.5) is 0 Å². The van der Waals surface area contributed by atoms with Crippen LogP contribution in [0, 0.1) is 0 Å². The molecule has 0 saturated carbocycles. The quantitative estimate of drug-likeness (QED) is 0.0261. The highest BCUT2D eigenvalue weighted by atomic mass is 16.6. The normalized spacial score (nSPS) is 12.4. The minimum absolute atomic E-state index is 0.0839. The molecule has 472 valence electrons. The summed E-state index contributed by atoms with van der Waals surface area (Å²) in [5.41, 5.74) is 0. The number of carbonyl (C=O) groups excluding carboxylic acids is 3. The molecule has 81 heavy (non-hydrogen) atoms. The van der Waals surface area contributed by atoms with Crippen molar-refractivity contribution in [2.45, 2.75) is 386 Å². The van der Waals surface area contributed by atoms with Gasteiger partial charge in [-0.3, -0.25) is 14.4 Å². The zero-order chi connectivity index (χ0) is 58.5. The first-order valence-electron chi connectivity index (χ1n) is 35.8. The van der Waals surface area contributed by atoms with Crippen LogP contribution in [0.3, 0.4) is 0 Å². The number of rotatable bonds is 66. The molecule has 0 aromatic heterocycles. The number of ether oxygens (including phenoxy) is 3. The smallest absolute Gasteiger partial charge is 0.306 e. The standard InChI is InChI=1S/C75H136O6/c1-4-7-10-13-16-19-22-25-27-29-30-31-32-33-34-35-36-37-38-39-40-41-42-43-44-46-47-50-53-56-59-62-65-68-74(77)80-71-72(70-79-73(76)67-64-61-58-55-52-49-24-21-18-15-12-9-6-3)81-75(78)69-66-63-60-57-54-51-48-45-28-26-23-20-17-14-11-8-5-2/h9,12,17-18,20-21,26,28,49,52,72H,4-8,10-11,13-16,19,22-25,27,29-48,50-51,53-71H2,1-3H3/b12-9-,20-17-,21-18-,28-26-,52-49-. The van der Waals surface area contributed by atoms with Crippen molar-refractivity contribution >= 4 is 17.9 Å². The minimum Gasteiger partial charge on any atom is -0.462 e. The second kappa shape index (κ2) is 69.6. The Kier molecular flexibility index (Phi) is 67.1. The lowest BCUT2D eigenvalue weighted by Crippen LogP contribution is -2.30. The van der Waals surface area contributed by atoms with Gasteiger partial charge in [-0.2, -0.15) is 0 Å². The molecule has 1 atom stereocenters. The fourth-order valence-electron chi connectivity index (χ4n) is 10.7. The molecule has 0 aliphatic heterocycles. The Labute approximate surface area is 504 Å². The monoisotopic (exact) mass is 1130 g/mol. The summed E-state index contributed by atoms with van der Waals surface area (Å²) >= 11 is 0. The topological polar surface area (TPSA) is 78.9 Å². The van der Waals surface area contributed by atoms with Crippen LogP contribution >= 0.6 is 0 Å². The molecule has 0 aliphatic rings. The Morgan fingerprint density at radius 2 is 0.481 bits per heavy atom. The van der Waals surface area contributed by atoms with E-state index in [4.69, 9.17) is 14.2 Å². The second-order valence-corrected chi connectivity index (χ2v) is 24.1. The summed E-state index contributed by atoms with van der Waals surface area (Å²) in [4.78, 5) is 38.3. The third kappa shape index (κ3) is 67.8. The predicted molar refractivity (Wildman–Crippen MR) is 353 cm³/mol. The van der Waals surface area contributed by atoms with Gasteiger partial charge >= 0.3 is 17.9 Å². The Balaban J connectivity index is 4.12. The van der Waals surface area contributed by atoms with Gasteiger partial charge in [0.2, 0.25) is 0 Å². The van der Waals surface area contributed by atoms with Crippen molar-refractivity contribution in [3.8, 4) is 0 Å². The molecule has 0 fully saturated rings. The summed E-state index contributed by atoms with van der Waals surface area (Å²) in [6.07, 6.45) is 90.0. The number of hydrogen-bond acceptors (Lipinski definition) is 6. The summed E-state index contributed by atoms with van der Waals surface area (Å²) in [6, 6.07) is 0. The van der Waals surface area contributed by atoms with Crippen LogP contribution in [0.2, 0.25) is 0 Å². The zero-order valence-electron chi connectivity index (χ0n) is 54.3. The van der Waals surface area contributed by atoms with E-state index in [1.165, 1.54) is 244 Å². The summed E-state index contributed by atoms with van der Waals surface area (Å²) in [7, 11) is 0. The van der Waals surface area contributed by atoms with Gasteiger partial charge in [-0.25, -0.2) is 0 Å². The van der Waals surface area contributed by atoms with Gasteiger partial charge in [-0.05, 0) is 83.5 Å². The minimum atomic E-state index is -0.791. The first-order valence-corrected chi connectivity index (χ1v) is 35.8. The summed E-state index contributed by atoms with van der Waals surface area (Å²) in [5.74, 6) is -0.903. The van der Waals surface area contributed by atoms with E-state index in [1.807, 2.05) is 0 Å². The lowest BCUT2D eigenvalue weighted by molar-refractivity contribution is -0.167. The zero-order valence-corrected chi connectivity index (χ0v) is 54.3. The molecule has 6 nitrogen and oxygen atoms in total. The SMILES string of the molecule is CC/C=C\C/C=C\C/C=C\CCCCCC(=O)OCC(COC(=O)CCCCCCCCCCCCCCCCCCCCCCCCCCCCCCCCCCC)OC(=O)CCCCCCCCC/C=C\C/C=C\CCCCC. The van der Waals surface area contributed by atoms with Gasteiger partial charge in [-0.15, -0.1) is 0 Å². The van der Waals surface area contributed by atoms with Gasteiger partial charge in [0.1, 0.15) is 13.2 Å². The third-order valence-corrected chi connectivity index (χ3v) is 16.0. The van der Waals surface area contributed by atoms with Gasteiger partial charge in [0.05, 0.1) is 0 Å². The number of hydrogen-bond donors (Lipinski definition) is 0.